The number of para-hydroxylation sites is 2. The van der Waals surface area contributed by atoms with Crippen LogP contribution in [-0.4, -0.2) is 29.2 Å². The molecule has 0 fully saturated rings. The average molecular weight is 353 g/mol. The lowest BCUT2D eigenvalue weighted by molar-refractivity contribution is -0.118. The lowest BCUT2D eigenvalue weighted by atomic mass is 10.1. The van der Waals surface area contributed by atoms with E-state index < -0.39 is 0 Å². The number of methoxy groups -OCH3 is 1. The van der Waals surface area contributed by atoms with Crippen molar-refractivity contribution >= 4 is 22.9 Å². The Morgan fingerprint density at radius 2 is 1.73 bits per heavy atom. The van der Waals surface area contributed by atoms with E-state index in [0.29, 0.717) is 11.7 Å². The van der Waals surface area contributed by atoms with Gasteiger partial charge < -0.3 is 14.0 Å². The summed E-state index contributed by atoms with van der Waals surface area (Å²) in [5, 5.41) is 2.86. The molecule has 6 nitrogen and oxygen atoms in total. The third-order valence-corrected chi connectivity index (χ3v) is 3.91. The van der Waals surface area contributed by atoms with Crippen molar-refractivity contribution in [1.29, 1.82) is 0 Å². The highest BCUT2D eigenvalue weighted by atomic mass is 16.5. The van der Waals surface area contributed by atoms with Crippen molar-refractivity contribution in [3.05, 3.63) is 48.5 Å². The topological polar surface area (TPSA) is 65.4 Å². The monoisotopic (exact) mass is 353 g/mol. The van der Waals surface area contributed by atoms with E-state index >= 15 is 0 Å². The molecule has 1 aromatic heterocycles. The molecular formula is C20H23N3O3. The van der Waals surface area contributed by atoms with E-state index in [1.165, 1.54) is 0 Å². The standard InChI is InChI=1S/C20H23N3O3/c1-20(2,3)23-17-8-6-5-7-16(17)21-19(23)22-18(24)13-26-15-11-9-14(25-4)10-12-15/h5-12H,13H2,1-4H3,(H,21,22,24). The molecule has 0 aliphatic rings. The number of imidazole rings is 1. The second-order valence-electron chi connectivity index (χ2n) is 6.94. The predicted molar refractivity (Wildman–Crippen MR) is 102 cm³/mol. The van der Waals surface area contributed by atoms with Crippen LogP contribution < -0.4 is 14.8 Å². The maximum Gasteiger partial charge on any atom is 0.264 e. The van der Waals surface area contributed by atoms with Gasteiger partial charge in [-0.25, -0.2) is 4.98 Å². The summed E-state index contributed by atoms with van der Waals surface area (Å²) >= 11 is 0. The minimum atomic E-state index is -0.262. The summed E-state index contributed by atoms with van der Waals surface area (Å²) in [6.45, 7) is 6.12. The van der Waals surface area contributed by atoms with E-state index in [2.05, 4.69) is 31.1 Å². The first-order chi connectivity index (χ1) is 12.4. The van der Waals surface area contributed by atoms with Gasteiger partial charge in [0, 0.05) is 5.54 Å². The summed E-state index contributed by atoms with van der Waals surface area (Å²) in [7, 11) is 1.60. The van der Waals surface area contributed by atoms with Crippen LogP contribution in [0.2, 0.25) is 0 Å². The summed E-state index contributed by atoms with van der Waals surface area (Å²) in [5.41, 5.74) is 1.59. The predicted octanol–water partition coefficient (Wildman–Crippen LogP) is 3.82. The van der Waals surface area contributed by atoms with Gasteiger partial charge in [-0.1, -0.05) is 12.1 Å². The van der Waals surface area contributed by atoms with Gasteiger partial charge in [0.05, 0.1) is 18.1 Å². The number of nitrogens with zero attached hydrogens (tertiary/aromatic N) is 2. The molecule has 6 heteroatoms. The van der Waals surface area contributed by atoms with E-state index in [1.54, 1.807) is 31.4 Å². The lowest BCUT2D eigenvalue weighted by Gasteiger charge is -2.24. The molecular weight excluding hydrogens is 330 g/mol. The average Bonchev–Trinajstić information content (AvgIpc) is 2.98. The first kappa shape index (κ1) is 17.8. The van der Waals surface area contributed by atoms with Crippen LogP contribution in [0.25, 0.3) is 11.0 Å². The Morgan fingerprint density at radius 1 is 1.08 bits per heavy atom. The van der Waals surface area contributed by atoms with Crippen LogP contribution in [0.3, 0.4) is 0 Å². The Bertz CT molecular complexity index is 908. The Labute approximate surface area is 152 Å². The number of rotatable bonds is 5. The summed E-state index contributed by atoms with van der Waals surface area (Å²) in [4.78, 5) is 16.9. The zero-order valence-corrected chi connectivity index (χ0v) is 15.4. The number of hydrogen-bond donors (Lipinski definition) is 1. The molecule has 26 heavy (non-hydrogen) atoms. The second-order valence-corrected chi connectivity index (χ2v) is 6.94. The molecule has 136 valence electrons. The van der Waals surface area contributed by atoms with Crippen LogP contribution in [0.15, 0.2) is 48.5 Å². The fourth-order valence-electron chi connectivity index (χ4n) is 2.77. The maximum absolute atomic E-state index is 12.4. The summed E-state index contributed by atoms with van der Waals surface area (Å²) < 4.78 is 12.7. The van der Waals surface area contributed by atoms with Gasteiger partial charge in [-0.05, 0) is 57.2 Å². The van der Waals surface area contributed by atoms with Crippen LogP contribution in [0, 0.1) is 0 Å². The molecule has 1 N–H and O–H groups in total. The molecule has 0 saturated carbocycles. The van der Waals surface area contributed by atoms with Crippen molar-refractivity contribution in [3.63, 3.8) is 0 Å². The minimum Gasteiger partial charge on any atom is -0.497 e. The number of aromatic nitrogens is 2. The number of fused-ring (bicyclic) bond motifs is 1. The van der Waals surface area contributed by atoms with E-state index in [4.69, 9.17) is 9.47 Å². The van der Waals surface area contributed by atoms with Crippen LogP contribution in [0.5, 0.6) is 11.5 Å². The van der Waals surface area contributed by atoms with E-state index in [1.807, 2.05) is 28.8 Å². The highest BCUT2D eigenvalue weighted by Gasteiger charge is 2.22. The van der Waals surface area contributed by atoms with Gasteiger partial charge in [-0.3, -0.25) is 10.1 Å². The Hall–Kier alpha value is -3.02. The third-order valence-electron chi connectivity index (χ3n) is 3.91. The molecule has 0 atom stereocenters. The highest BCUT2D eigenvalue weighted by molar-refractivity contribution is 5.92. The zero-order chi connectivity index (χ0) is 18.7. The van der Waals surface area contributed by atoms with Gasteiger partial charge in [0.1, 0.15) is 11.5 Å². The first-order valence-electron chi connectivity index (χ1n) is 8.43. The number of carbonyl (C=O) groups is 1. The highest BCUT2D eigenvalue weighted by Crippen LogP contribution is 2.27. The molecule has 0 aliphatic heterocycles. The van der Waals surface area contributed by atoms with Crippen molar-refractivity contribution in [3.8, 4) is 11.5 Å². The van der Waals surface area contributed by atoms with Crippen LogP contribution >= 0.6 is 0 Å². The smallest absolute Gasteiger partial charge is 0.264 e. The molecule has 0 unspecified atom stereocenters. The molecule has 3 aromatic rings. The number of benzene rings is 2. The molecule has 3 rings (SSSR count). The second kappa shape index (κ2) is 7.07. The van der Waals surface area contributed by atoms with Gasteiger partial charge in [-0.15, -0.1) is 0 Å². The number of ether oxygens (including phenoxy) is 2. The van der Waals surface area contributed by atoms with Crippen molar-refractivity contribution in [2.24, 2.45) is 0 Å². The quantitative estimate of drug-likeness (QED) is 0.757. The number of nitrogens with one attached hydrogen (secondary N) is 1. The van der Waals surface area contributed by atoms with Crippen LogP contribution in [0.4, 0.5) is 5.95 Å². The minimum absolute atomic E-state index is 0.0975. The number of carbonyl (C=O) groups excluding carboxylic acids is 1. The molecule has 2 aromatic carbocycles. The van der Waals surface area contributed by atoms with Crippen molar-refractivity contribution in [1.82, 2.24) is 9.55 Å². The van der Waals surface area contributed by atoms with Gasteiger partial charge in [-0.2, -0.15) is 0 Å². The third kappa shape index (κ3) is 3.79. The largest absolute Gasteiger partial charge is 0.497 e. The van der Waals surface area contributed by atoms with Crippen molar-refractivity contribution in [2.75, 3.05) is 19.0 Å². The first-order valence-corrected chi connectivity index (χ1v) is 8.43. The molecule has 0 saturated heterocycles. The Morgan fingerprint density at radius 3 is 2.38 bits per heavy atom. The molecule has 0 bridgehead atoms. The normalized spacial score (nSPS) is 11.4. The lowest BCUT2D eigenvalue weighted by Crippen LogP contribution is -2.28. The fourth-order valence-corrected chi connectivity index (χ4v) is 2.77. The zero-order valence-electron chi connectivity index (χ0n) is 15.4. The van der Waals surface area contributed by atoms with Gasteiger partial charge in [0.25, 0.3) is 5.91 Å². The van der Waals surface area contributed by atoms with Gasteiger partial charge in [0.15, 0.2) is 6.61 Å². The summed E-state index contributed by atoms with van der Waals surface area (Å²) in [6.07, 6.45) is 0. The summed E-state index contributed by atoms with van der Waals surface area (Å²) in [5.74, 6) is 1.59. The number of hydrogen-bond acceptors (Lipinski definition) is 4. The van der Waals surface area contributed by atoms with E-state index in [0.717, 1.165) is 16.8 Å². The van der Waals surface area contributed by atoms with E-state index in [9.17, 15) is 4.79 Å². The Balaban J connectivity index is 1.74. The van der Waals surface area contributed by atoms with Crippen molar-refractivity contribution < 1.29 is 14.3 Å². The summed E-state index contributed by atoms with van der Waals surface area (Å²) in [6, 6.07) is 14.9. The molecule has 0 spiro atoms. The number of amides is 1. The van der Waals surface area contributed by atoms with Crippen molar-refractivity contribution in [2.45, 2.75) is 26.3 Å². The maximum atomic E-state index is 12.4. The van der Waals surface area contributed by atoms with Gasteiger partial charge in [0.2, 0.25) is 5.95 Å². The molecule has 1 heterocycles. The molecule has 0 radical (unpaired) electrons. The fraction of sp³-hybridized carbons (Fsp3) is 0.300. The van der Waals surface area contributed by atoms with Gasteiger partial charge >= 0.3 is 0 Å². The SMILES string of the molecule is COc1ccc(OCC(=O)Nc2nc3ccccc3n2C(C)(C)C)cc1. The van der Waals surface area contributed by atoms with E-state index in [-0.39, 0.29) is 18.1 Å². The molecule has 0 aliphatic carbocycles. The number of anilines is 1. The Kier molecular flexibility index (Phi) is 4.84. The van der Waals surface area contributed by atoms with Crippen LogP contribution in [0.1, 0.15) is 20.8 Å². The van der Waals surface area contributed by atoms with Crippen LogP contribution in [-0.2, 0) is 10.3 Å². The molecule has 1 amide bonds.